The molecule has 0 aliphatic heterocycles. The second kappa shape index (κ2) is 8.24. The largest absolute Gasteiger partial charge is 0.293 e. The molecule has 2 aromatic carbocycles. The Balaban J connectivity index is 2.18. The predicted molar refractivity (Wildman–Crippen MR) is 122 cm³/mol. The molecule has 0 radical (unpaired) electrons. The van der Waals surface area contributed by atoms with Gasteiger partial charge in [0.15, 0.2) is 20.0 Å². The second-order valence-corrected chi connectivity index (χ2v) is 9.30. The van der Waals surface area contributed by atoms with Crippen molar-refractivity contribution in [1.82, 2.24) is 0 Å². The van der Waals surface area contributed by atoms with Gasteiger partial charge in [0.2, 0.25) is 0 Å². The number of carbonyl (C=O) groups excluding carboxylic acids is 2. The number of Topliss-reactive ketones (excluding diaryl/α,β-unsaturated/α-hetero) is 2. The smallest absolute Gasteiger partial charge is 0.185 e. The van der Waals surface area contributed by atoms with E-state index in [-0.39, 0.29) is 20.0 Å². The maximum absolute atomic E-state index is 13.8. The van der Waals surface area contributed by atoms with Gasteiger partial charge in [0.25, 0.3) is 0 Å². The van der Waals surface area contributed by atoms with Gasteiger partial charge < -0.3 is 0 Å². The minimum absolute atomic E-state index is 0.176. The third-order valence-corrected chi connectivity index (χ3v) is 6.80. The van der Waals surface area contributed by atoms with E-state index in [0.717, 1.165) is 33.4 Å². The molecule has 3 nitrogen and oxygen atoms in total. The first kappa shape index (κ1) is 22.1. The van der Waals surface area contributed by atoms with Crippen LogP contribution in [-0.4, -0.2) is 16.7 Å². The third-order valence-electron chi connectivity index (χ3n) is 5.86. The molecule has 0 amide bonds. The summed E-state index contributed by atoms with van der Waals surface area (Å²) < 4.78 is 12.6. The van der Waals surface area contributed by atoms with Crippen LogP contribution >= 0.6 is 8.46 Å². The molecule has 0 N–H and O–H groups in total. The van der Waals surface area contributed by atoms with Gasteiger partial charge in [-0.05, 0) is 63.8 Å². The van der Waals surface area contributed by atoms with Crippen LogP contribution in [-0.2, 0) is 4.57 Å². The van der Waals surface area contributed by atoms with Crippen LogP contribution < -0.4 is 0 Å². The number of rotatable bonds is 5. The Morgan fingerprint density at radius 2 is 1.23 bits per heavy atom. The van der Waals surface area contributed by atoms with Crippen molar-refractivity contribution in [3.8, 4) is 0 Å². The summed E-state index contributed by atoms with van der Waals surface area (Å²) in [4.78, 5) is 27.5. The number of hydrogen-bond acceptors (Lipinski definition) is 3. The van der Waals surface area contributed by atoms with Gasteiger partial charge in [0.1, 0.15) is 5.16 Å². The first-order valence-electron chi connectivity index (χ1n) is 10.1. The fraction of sp³-hybridized carbons (Fsp3) is 0.308. The maximum atomic E-state index is 13.8. The molecule has 0 bridgehead atoms. The van der Waals surface area contributed by atoms with Gasteiger partial charge in [0.05, 0.1) is 5.92 Å². The molecule has 3 rings (SSSR count). The average Bonchev–Trinajstić information content (AvgIpc) is 2.66. The van der Waals surface area contributed by atoms with Gasteiger partial charge in [-0.2, -0.15) is 0 Å². The van der Waals surface area contributed by atoms with E-state index in [4.69, 9.17) is 0 Å². The van der Waals surface area contributed by atoms with Gasteiger partial charge in [-0.15, -0.1) is 0 Å². The van der Waals surface area contributed by atoms with Gasteiger partial charge in [-0.25, -0.2) is 0 Å². The molecule has 0 saturated heterocycles. The first-order valence-corrected chi connectivity index (χ1v) is 10.9. The summed E-state index contributed by atoms with van der Waals surface area (Å²) in [5, 5.41) is -1.46. The zero-order valence-electron chi connectivity index (χ0n) is 18.4. The van der Waals surface area contributed by atoms with Crippen molar-refractivity contribution in [2.75, 3.05) is 0 Å². The Kier molecular flexibility index (Phi) is 6.06. The first-order chi connectivity index (χ1) is 14.1. The lowest BCUT2D eigenvalue weighted by Gasteiger charge is -2.32. The number of hydrogen-bond donors (Lipinski definition) is 0. The average molecular weight is 418 g/mol. The van der Waals surface area contributed by atoms with Gasteiger partial charge in [0, 0.05) is 11.1 Å². The molecule has 154 valence electrons. The summed E-state index contributed by atoms with van der Waals surface area (Å²) in [6.45, 7) is 11.6. The fourth-order valence-corrected chi connectivity index (χ4v) is 5.38. The minimum atomic E-state index is -1.46. The second-order valence-electron chi connectivity index (χ2n) is 8.38. The van der Waals surface area contributed by atoms with Crippen LogP contribution in [0.5, 0.6) is 0 Å². The van der Waals surface area contributed by atoms with E-state index >= 15 is 0 Å². The third kappa shape index (κ3) is 3.63. The van der Waals surface area contributed by atoms with Crippen molar-refractivity contribution in [2.45, 2.75) is 46.7 Å². The Morgan fingerprint density at radius 3 is 1.70 bits per heavy atom. The van der Waals surface area contributed by atoms with Crippen LogP contribution in [0.25, 0.3) is 0 Å². The Bertz CT molecular complexity index is 1080. The highest BCUT2D eigenvalue weighted by Crippen LogP contribution is 2.43. The highest BCUT2D eigenvalue weighted by molar-refractivity contribution is 7.28. The van der Waals surface area contributed by atoms with E-state index in [1.54, 1.807) is 24.3 Å². The van der Waals surface area contributed by atoms with Crippen molar-refractivity contribution in [3.05, 3.63) is 93.1 Å². The number of benzene rings is 2. The van der Waals surface area contributed by atoms with Crippen molar-refractivity contribution in [1.29, 1.82) is 0 Å². The Hall–Kier alpha value is -2.64. The zero-order chi connectivity index (χ0) is 22.2. The van der Waals surface area contributed by atoms with E-state index < -0.39 is 11.1 Å². The normalized spacial score (nSPS) is 20.5. The van der Waals surface area contributed by atoms with E-state index in [1.165, 1.54) is 0 Å². The van der Waals surface area contributed by atoms with Crippen molar-refractivity contribution in [2.24, 2.45) is 5.92 Å². The van der Waals surface area contributed by atoms with Gasteiger partial charge in [-0.1, -0.05) is 59.7 Å². The van der Waals surface area contributed by atoms with Crippen molar-refractivity contribution >= 4 is 20.0 Å². The number of aryl methyl sites for hydroxylation is 6. The lowest BCUT2D eigenvalue weighted by atomic mass is 9.75. The molecular formula is C26H27O3P. The van der Waals surface area contributed by atoms with Crippen LogP contribution in [0, 0.1) is 47.5 Å². The summed E-state index contributed by atoms with van der Waals surface area (Å²) in [6, 6.07) is 7.83. The molecule has 2 atom stereocenters. The summed E-state index contributed by atoms with van der Waals surface area (Å²) in [5.74, 6) is -1.30. The molecule has 30 heavy (non-hydrogen) atoms. The molecular weight excluding hydrogens is 391 g/mol. The van der Waals surface area contributed by atoms with E-state index in [1.807, 2.05) is 65.8 Å². The number of allylic oxidation sites excluding steroid dienone is 4. The molecule has 2 aromatic rings. The molecule has 4 heteroatoms. The highest BCUT2D eigenvalue weighted by atomic mass is 31.1. The fourth-order valence-electron chi connectivity index (χ4n) is 4.72. The SMILES string of the molecule is Cc1cc(C)c(C(=O)C2C=CC=CC2(P=O)C(=O)c2c(C)cc(C)cc2C)c(C)c1. The van der Waals surface area contributed by atoms with Crippen molar-refractivity contribution in [3.63, 3.8) is 0 Å². The summed E-state index contributed by atoms with van der Waals surface area (Å²) >= 11 is 0. The summed E-state index contributed by atoms with van der Waals surface area (Å²) in [5.41, 5.74) is 6.68. The number of carbonyl (C=O) groups is 2. The van der Waals surface area contributed by atoms with Crippen molar-refractivity contribution < 1.29 is 14.2 Å². The van der Waals surface area contributed by atoms with Gasteiger partial charge >= 0.3 is 0 Å². The molecule has 1 aliphatic carbocycles. The standard InChI is InChI=1S/C26H27O3P/c1-15-11-17(3)22(18(4)12-15)24(27)21-9-7-8-10-26(21,30-29)25(28)23-19(5)13-16(2)14-20(23)6/h7-14,21H,1-6H3. The van der Waals surface area contributed by atoms with Crippen LogP contribution in [0.4, 0.5) is 0 Å². The van der Waals surface area contributed by atoms with E-state index in [2.05, 4.69) is 0 Å². The lowest BCUT2D eigenvalue weighted by molar-refractivity contribution is 0.0849. The van der Waals surface area contributed by atoms with E-state index in [9.17, 15) is 14.2 Å². The van der Waals surface area contributed by atoms with Crippen LogP contribution in [0.15, 0.2) is 48.6 Å². The maximum Gasteiger partial charge on any atom is 0.185 e. The Morgan fingerprint density at radius 1 is 0.767 bits per heavy atom. The summed E-state index contributed by atoms with van der Waals surface area (Å²) in [7, 11) is -0.385. The zero-order valence-corrected chi connectivity index (χ0v) is 19.3. The highest BCUT2D eigenvalue weighted by Gasteiger charge is 2.49. The summed E-state index contributed by atoms with van der Waals surface area (Å²) in [6.07, 6.45) is 6.81. The molecule has 1 aliphatic rings. The molecule has 2 unspecified atom stereocenters. The minimum Gasteiger partial charge on any atom is -0.293 e. The molecule has 0 fully saturated rings. The van der Waals surface area contributed by atoms with Crippen LogP contribution in [0.2, 0.25) is 0 Å². The topological polar surface area (TPSA) is 51.2 Å². The quantitative estimate of drug-likeness (QED) is 0.418. The van der Waals surface area contributed by atoms with Crippen LogP contribution in [0.3, 0.4) is 0 Å². The molecule has 0 heterocycles. The van der Waals surface area contributed by atoms with Crippen LogP contribution in [0.1, 0.15) is 54.1 Å². The molecule has 0 saturated carbocycles. The van der Waals surface area contributed by atoms with E-state index in [0.29, 0.717) is 11.1 Å². The Labute approximate surface area is 180 Å². The molecule has 0 spiro atoms. The monoisotopic (exact) mass is 418 g/mol. The predicted octanol–water partition coefficient (Wildman–Crippen LogP) is 6.38. The van der Waals surface area contributed by atoms with Gasteiger partial charge in [-0.3, -0.25) is 14.2 Å². The lowest BCUT2D eigenvalue weighted by Crippen LogP contribution is -2.44. The number of ketones is 2. The molecule has 0 aromatic heterocycles.